The number of hydrogen-bond donors (Lipinski definition) is 0. The van der Waals surface area contributed by atoms with Crippen LogP contribution >= 0.6 is 0 Å². The van der Waals surface area contributed by atoms with E-state index in [-0.39, 0.29) is 17.6 Å². The van der Waals surface area contributed by atoms with E-state index in [1.807, 2.05) is 36.4 Å². The molecule has 6 nitrogen and oxygen atoms in total. The lowest BCUT2D eigenvalue weighted by Gasteiger charge is -2.16. The molecule has 4 rings (SSSR count). The summed E-state index contributed by atoms with van der Waals surface area (Å²) in [5.41, 5.74) is 2.38. The highest BCUT2D eigenvalue weighted by atomic mass is 16.5. The monoisotopic (exact) mass is 349 g/mol. The molecule has 3 heterocycles. The molecular weight excluding hydrogens is 330 g/mol. The minimum atomic E-state index is -0.142. The van der Waals surface area contributed by atoms with Crippen molar-refractivity contribution in [3.8, 4) is 17.1 Å². The molecule has 0 spiro atoms. The second-order valence-electron chi connectivity index (χ2n) is 6.27. The molecule has 1 aliphatic rings. The van der Waals surface area contributed by atoms with E-state index in [0.717, 1.165) is 17.7 Å². The van der Waals surface area contributed by atoms with Gasteiger partial charge in [-0.1, -0.05) is 29.4 Å². The molecular formula is C20H19N3O3. The number of carbonyl (C=O) groups is 1. The van der Waals surface area contributed by atoms with Crippen LogP contribution < -0.4 is 4.74 Å². The van der Waals surface area contributed by atoms with E-state index in [0.29, 0.717) is 24.5 Å². The average molecular weight is 349 g/mol. The average Bonchev–Trinajstić information content (AvgIpc) is 3.38. The Morgan fingerprint density at radius 2 is 2.04 bits per heavy atom. The van der Waals surface area contributed by atoms with Crippen LogP contribution in [0.3, 0.4) is 0 Å². The Morgan fingerprint density at radius 1 is 1.19 bits per heavy atom. The molecule has 0 bridgehead atoms. The molecule has 26 heavy (non-hydrogen) atoms. The van der Waals surface area contributed by atoms with Gasteiger partial charge in [0.2, 0.25) is 5.76 Å². The number of carbonyl (C=O) groups excluding carboxylic acids is 1. The molecule has 0 unspecified atom stereocenters. The van der Waals surface area contributed by atoms with Crippen LogP contribution in [0.4, 0.5) is 0 Å². The van der Waals surface area contributed by atoms with Crippen molar-refractivity contribution in [2.45, 2.75) is 12.3 Å². The summed E-state index contributed by atoms with van der Waals surface area (Å²) < 4.78 is 10.7. The maximum atomic E-state index is 12.8. The molecule has 0 saturated carbocycles. The van der Waals surface area contributed by atoms with E-state index in [4.69, 9.17) is 9.26 Å². The van der Waals surface area contributed by atoms with Gasteiger partial charge in [-0.25, -0.2) is 0 Å². The normalized spacial score (nSPS) is 16.7. The standard InChI is InChI=1S/C20H19N3O3/c1-25-18-8-3-2-6-15(18)14-9-11-23(13-14)20(24)19-12-17(22-26-19)16-7-4-5-10-21-16/h2-8,10,12,14H,9,11,13H2,1H3/t14-/m0/s1. The van der Waals surface area contributed by atoms with Crippen molar-refractivity contribution in [3.05, 3.63) is 66.1 Å². The Balaban J connectivity index is 1.49. The summed E-state index contributed by atoms with van der Waals surface area (Å²) in [7, 11) is 1.67. The van der Waals surface area contributed by atoms with Crippen LogP contribution in [0.25, 0.3) is 11.4 Å². The fraction of sp³-hybridized carbons (Fsp3) is 0.250. The first-order chi connectivity index (χ1) is 12.8. The van der Waals surface area contributed by atoms with Crippen LogP contribution in [0.1, 0.15) is 28.5 Å². The molecule has 6 heteroatoms. The summed E-state index contributed by atoms with van der Waals surface area (Å²) in [5.74, 6) is 1.22. The van der Waals surface area contributed by atoms with Gasteiger partial charge in [0.15, 0.2) is 0 Å². The van der Waals surface area contributed by atoms with Crippen LogP contribution in [0.15, 0.2) is 59.3 Å². The first-order valence-electron chi connectivity index (χ1n) is 8.56. The van der Waals surface area contributed by atoms with Crippen molar-refractivity contribution in [2.24, 2.45) is 0 Å². The second kappa shape index (κ2) is 7.00. The number of amides is 1. The first kappa shape index (κ1) is 16.3. The van der Waals surface area contributed by atoms with Gasteiger partial charge in [0.1, 0.15) is 11.4 Å². The molecule has 1 saturated heterocycles. The minimum absolute atomic E-state index is 0.142. The highest BCUT2D eigenvalue weighted by Crippen LogP contribution is 2.34. The quantitative estimate of drug-likeness (QED) is 0.722. The van der Waals surface area contributed by atoms with Gasteiger partial charge in [-0.2, -0.15) is 0 Å². The number of aromatic nitrogens is 2. The highest BCUT2D eigenvalue weighted by Gasteiger charge is 2.31. The van der Waals surface area contributed by atoms with E-state index in [9.17, 15) is 4.79 Å². The zero-order chi connectivity index (χ0) is 17.9. The Hall–Kier alpha value is -3.15. The molecule has 0 radical (unpaired) electrons. The Bertz CT molecular complexity index is 907. The summed E-state index contributed by atoms with van der Waals surface area (Å²) in [4.78, 5) is 18.8. The van der Waals surface area contributed by atoms with Crippen molar-refractivity contribution in [2.75, 3.05) is 20.2 Å². The Kier molecular flexibility index (Phi) is 4.39. The van der Waals surface area contributed by atoms with E-state index < -0.39 is 0 Å². The third-order valence-corrected chi connectivity index (χ3v) is 4.70. The van der Waals surface area contributed by atoms with E-state index >= 15 is 0 Å². The number of ether oxygens (including phenoxy) is 1. The number of methoxy groups -OCH3 is 1. The summed E-state index contributed by atoms with van der Waals surface area (Å²) in [6.07, 6.45) is 2.58. The minimum Gasteiger partial charge on any atom is -0.496 e. The molecule has 1 atom stereocenters. The van der Waals surface area contributed by atoms with Gasteiger partial charge in [0.05, 0.1) is 12.8 Å². The van der Waals surface area contributed by atoms with Gasteiger partial charge < -0.3 is 14.2 Å². The van der Waals surface area contributed by atoms with E-state index in [1.165, 1.54) is 0 Å². The lowest BCUT2D eigenvalue weighted by Crippen LogP contribution is -2.28. The molecule has 1 aliphatic heterocycles. The van der Waals surface area contributed by atoms with E-state index in [1.54, 1.807) is 24.3 Å². The number of benzene rings is 1. The maximum absolute atomic E-state index is 12.8. The largest absolute Gasteiger partial charge is 0.496 e. The van der Waals surface area contributed by atoms with E-state index in [2.05, 4.69) is 16.2 Å². The van der Waals surface area contributed by atoms with Gasteiger partial charge >= 0.3 is 0 Å². The summed E-state index contributed by atoms with van der Waals surface area (Å²) in [6, 6.07) is 15.2. The molecule has 1 fully saturated rings. The molecule has 3 aromatic rings. The van der Waals surface area contributed by atoms with Crippen LogP contribution in [-0.4, -0.2) is 41.1 Å². The fourth-order valence-corrected chi connectivity index (χ4v) is 3.37. The maximum Gasteiger partial charge on any atom is 0.292 e. The molecule has 1 amide bonds. The van der Waals surface area contributed by atoms with Gasteiger partial charge in [-0.3, -0.25) is 9.78 Å². The predicted molar refractivity (Wildman–Crippen MR) is 96.0 cm³/mol. The van der Waals surface area contributed by atoms with Gasteiger partial charge in [-0.15, -0.1) is 0 Å². The van der Waals surface area contributed by atoms with Crippen molar-refractivity contribution >= 4 is 5.91 Å². The molecule has 0 aliphatic carbocycles. The Morgan fingerprint density at radius 3 is 2.85 bits per heavy atom. The first-order valence-corrected chi connectivity index (χ1v) is 8.56. The topological polar surface area (TPSA) is 68.5 Å². The summed E-state index contributed by atoms with van der Waals surface area (Å²) in [5, 5.41) is 3.98. The van der Waals surface area contributed by atoms with Gasteiger partial charge in [-0.05, 0) is 30.2 Å². The Labute approximate surface area is 151 Å². The highest BCUT2D eigenvalue weighted by molar-refractivity contribution is 5.92. The smallest absolute Gasteiger partial charge is 0.292 e. The van der Waals surface area contributed by atoms with Crippen molar-refractivity contribution in [1.29, 1.82) is 0 Å². The molecule has 2 aromatic heterocycles. The number of hydrogen-bond acceptors (Lipinski definition) is 5. The van der Waals surface area contributed by atoms with Crippen LogP contribution in [-0.2, 0) is 0 Å². The third kappa shape index (κ3) is 3.06. The van der Waals surface area contributed by atoms with Crippen molar-refractivity contribution in [1.82, 2.24) is 15.0 Å². The van der Waals surface area contributed by atoms with Crippen molar-refractivity contribution in [3.63, 3.8) is 0 Å². The number of pyridine rings is 1. The van der Waals surface area contributed by atoms with Crippen molar-refractivity contribution < 1.29 is 14.1 Å². The van der Waals surface area contributed by atoms with Crippen LogP contribution in [0.2, 0.25) is 0 Å². The molecule has 132 valence electrons. The predicted octanol–water partition coefficient (Wildman–Crippen LogP) is 3.37. The van der Waals surface area contributed by atoms with Crippen LogP contribution in [0, 0.1) is 0 Å². The number of nitrogens with zero attached hydrogens (tertiary/aromatic N) is 3. The number of para-hydroxylation sites is 1. The zero-order valence-corrected chi connectivity index (χ0v) is 14.5. The second-order valence-corrected chi connectivity index (χ2v) is 6.27. The van der Waals surface area contributed by atoms with Crippen LogP contribution in [0.5, 0.6) is 5.75 Å². The van der Waals surface area contributed by atoms with Gasteiger partial charge in [0, 0.05) is 31.3 Å². The van der Waals surface area contributed by atoms with Gasteiger partial charge in [0.25, 0.3) is 5.91 Å². The summed E-state index contributed by atoms with van der Waals surface area (Å²) in [6.45, 7) is 1.32. The third-order valence-electron chi connectivity index (χ3n) is 4.70. The molecule has 0 N–H and O–H groups in total. The molecule has 1 aromatic carbocycles. The lowest BCUT2D eigenvalue weighted by molar-refractivity contribution is 0.0749. The zero-order valence-electron chi connectivity index (χ0n) is 14.5. The summed E-state index contributed by atoms with van der Waals surface area (Å²) >= 11 is 0. The number of rotatable bonds is 4. The lowest BCUT2D eigenvalue weighted by atomic mass is 9.97. The number of likely N-dealkylation sites (tertiary alicyclic amines) is 1. The SMILES string of the molecule is COc1ccccc1[C@H]1CCN(C(=O)c2cc(-c3ccccn3)no2)C1. The fourth-order valence-electron chi connectivity index (χ4n) is 3.37.